The summed E-state index contributed by atoms with van der Waals surface area (Å²) in [5, 5.41) is 4.19. The highest BCUT2D eigenvalue weighted by molar-refractivity contribution is 7.90. The second kappa shape index (κ2) is 3.23. The van der Waals surface area contributed by atoms with Crippen molar-refractivity contribution in [1.29, 1.82) is 0 Å². The van der Waals surface area contributed by atoms with Gasteiger partial charge in [0.25, 0.3) is 0 Å². The summed E-state index contributed by atoms with van der Waals surface area (Å²) in [5.74, 6) is 0.612. The number of anilines is 1. The van der Waals surface area contributed by atoms with Gasteiger partial charge in [-0.15, -0.1) is 0 Å². The summed E-state index contributed by atoms with van der Waals surface area (Å²) < 4.78 is 24.7. The Morgan fingerprint density at radius 2 is 2.13 bits per heavy atom. The molecule has 2 heterocycles. The van der Waals surface area contributed by atoms with Crippen LogP contribution in [0.3, 0.4) is 0 Å². The van der Waals surface area contributed by atoms with Gasteiger partial charge in [0.05, 0.1) is 11.5 Å². The van der Waals surface area contributed by atoms with Crippen LogP contribution < -0.4 is 5.73 Å². The molecular formula is C9H15N3O2S. The molecule has 1 aromatic heterocycles. The molecule has 1 aromatic rings. The summed E-state index contributed by atoms with van der Waals surface area (Å²) in [6.45, 7) is 4.02. The second-order valence-electron chi connectivity index (χ2n) is 4.19. The highest BCUT2D eigenvalue weighted by Crippen LogP contribution is 2.27. The Morgan fingerprint density at radius 3 is 2.73 bits per heavy atom. The van der Waals surface area contributed by atoms with E-state index in [1.807, 2.05) is 18.5 Å². The number of nitrogen functional groups attached to an aromatic ring is 1. The first-order valence-corrected chi connectivity index (χ1v) is 6.79. The van der Waals surface area contributed by atoms with Crippen molar-refractivity contribution in [2.24, 2.45) is 0 Å². The van der Waals surface area contributed by atoms with Crippen LogP contribution in [0.15, 0.2) is 0 Å². The monoisotopic (exact) mass is 229 g/mol. The number of aromatic nitrogens is 2. The van der Waals surface area contributed by atoms with Crippen molar-refractivity contribution in [1.82, 2.24) is 9.78 Å². The predicted octanol–water partition coefficient (Wildman–Crippen LogP) is 0.517. The van der Waals surface area contributed by atoms with Gasteiger partial charge >= 0.3 is 0 Å². The summed E-state index contributed by atoms with van der Waals surface area (Å²) >= 11 is 0. The van der Waals surface area contributed by atoms with Crippen LogP contribution in [0.25, 0.3) is 0 Å². The third-order valence-electron chi connectivity index (χ3n) is 2.65. The van der Waals surface area contributed by atoms with Gasteiger partial charge in [-0.1, -0.05) is 0 Å². The van der Waals surface area contributed by atoms with E-state index < -0.39 is 9.84 Å². The molecular weight excluding hydrogens is 214 g/mol. The van der Waals surface area contributed by atoms with Crippen molar-refractivity contribution in [3.63, 3.8) is 0 Å². The molecule has 2 N–H and O–H groups in total. The molecule has 0 aliphatic carbocycles. The molecule has 2 rings (SSSR count). The largest absolute Gasteiger partial charge is 0.382 e. The lowest BCUT2D eigenvalue weighted by molar-refractivity contribution is 0.509. The summed E-state index contributed by atoms with van der Waals surface area (Å²) in [7, 11) is -2.96. The Labute approximate surface area is 89.2 Å². The second-order valence-corrected chi connectivity index (χ2v) is 6.37. The standard InChI is InChI=1S/C9H15N3O2S/c1-6(2)12-8-3-4-15(13,14)5-7(8)9(10)11-12/h6H,3-5H2,1-2H3,(H2,10,11). The van der Waals surface area contributed by atoms with Crippen LogP contribution in [0.1, 0.15) is 31.1 Å². The number of sulfone groups is 1. The van der Waals surface area contributed by atoms with E-state index in [2.05, 4.69) is 5.10 Å². The SMILES string of the molecule is CC(C)n1nc(N)c2c1CCS(=O)(=O)C2. The van der Waals surface area contributed by atoms with Gasteiger partial charge < -0.3 is 5.73 Å². The Bertz CT molecular complexity index is 488. The van der Waals surface area contributed by atoms with Crippen LogP contribution in [0.4, 0.5) is 5.82 Å². The van der Waals surface area contributed by atoms with Crippen LogP contribution in [-0.4, -0.2) is 24.0 Å². The maximum atomic E-state index is 11.5. The van der Waals surface area contributed by atoms with E-state index in [1.165, 1.54) is 0 Å². The zero-order chi connectivity index (χ0) is 11.2. The Morgan fingerprint density at radius 1 is 1.47 bits per heavy atom. The van der Waals surface area contributed by atoms with Crippen molar-refractivity contribution in [3.05, 3.63) is 11.3 Å². The highest BCUT2D eigenvalue weighted by Gasteiger charge is 2.28. The van der Waals surface area contributed by atoms with Gasteiger partial charge in [0.1, 0.15) is 5.82 Å². The van der Waals surface area contributed by atoms with E-state index in [1.54, 1.807) is 0 Å². The van der Waals surface area contributed by atoms with Gasteiger partial charge in [-0.05, 0) is 13.8 Å². The average molecular weight is 229 g/mol. The van der Waals surface area contributed by atoms with Gasteiger partial charge in [0.15, 0.2) is 9.84 Å². The van der Waals surface area contributed by atoms with Crippen molar-refractivity contribution < 1.29 is 8.42 Å². The van der Waals surface area contributed by atoms with Crippen LogP contribution >= 0.6 is 0 Å². The van der Waals surface area contributed by atoms with Crippen LogP contribution in [-0.2, 0) is 22.0 Å². The van der Waals surface area contributed by atoms with Crippen LogP contribution in [0.2, 0.25) is 0 Å². The minimum atomic E-state index is -2.96. The Hall–Kier alpha value is -1.04. The molecule has 6 heteroatoms. The topological polar surface area (TPSA) is 78.0 Å². The fourth-order valence-corrected chi connectivity index (χ4v) is 3.32. The lowest BCUT2D eigenvalue weighted by atomic mass is 10.2. The highest BCUT2D eigenvalue weighted by atomic mass is 32.2. The quantitative estimate of drug-likeness (QED) is 0.761. The number of nitrogens with two attached hydrogens (primary N) is 1. The Balaban J connectivity index is 2.54. The molecule has 0 aromatic carbocycles. The summed E-state index contributed by atoms with van der Waals surface area (Å²) in [5.41, 5.74) is 7.41. The van der Waals surface area contributed by atoms with E-state index >= 15 is 0 Å². The molecule has 0 fully saturated rings. The molecule has 0 amide bonds. The lowest BCUT2D eigenvalue weighted by Gasteiger charge is -2.16. The van der Waals surface area contributed by atoms with Gasteiger partial charge in [-0.3, -0.25) is 4.68 Å². The third kappa shape index (κ3) is 1.73. The van der Waals surface area contributed by atoms with Gasteiger partial charge in [0.2, 0.25) is 0 Å². The fraction of sp³-hybridized carbons (Fsp3) is 0.667. The van der Waals surface area contributed by atoms with Gasteiger partial charge in [-0.2, -0.15) is 5.10 Å². The van der Waals surface area contributed by atoms with E-state index in [0.29, 0.717) is 17.8 Å². The molecule has 0 spiro atoms. The lowest BCUT2D eigenvalue weighted by Crippen LogP contribution is -2.21. The molecule has 0 atom stereocenters. The zero-order valence-corrected chi connectivity index (χ0v) is 9.71. The van der Waals surface area contributed by atoms with Crippen molar-refractivity contribution in [2.45, 2.75) is 32.1 Å². The smallest absolute Gasteiger partial charge is 0.155 e. The molecule has 15 heavy (non-hydrogen) atoms. The zero-order valence-electron chi connectivity index (χ0n) is 8.90. The van der Waals surface area contributed by atoms with Gasteiger partial charge in [0, 0.05) is 23.7 Å². The number of hydrogen-bond donors (Lipinski definition) is 1. The maximum Gasteiger partial charge on any atom is 0.155 e. The molecule has 1 aliphatic heterocycles. The third-order valence-corrected chi connectivity index (χ3v) is 4.21. The molecule has 1 aliphatic rings. The molecule has 0 saturated carbocycles. The first-order chi connectivity index (χ1) is 6.91. The van der Waals surface area contributed by atoms with E-state index in [0.717, 1.165) is 5.69 Å². The first kappa shape index (κ1) is 10.5. The number of fused-ring (bicyclic) bond motifs is 1. The van der Waals surface area contributed by atoms with E-state index in [-0.39, 0.29) is 17.5 Å². The number of nitrogens with zero attached hydrogens (tertiary/aromatic N) is 2. The summed E-state index contributed by atoms with van der Waals surface area (Å²) in [6, 6.07) is 0.219. The minimum absolute atomic E-state index is 0.0425. The number of rotatable bonds is 1. The van der Waals surface area contributed by atoms with Gasteiger partial charge in [-0.25, -0.2) is 8.42 Å². The molecule has 0 radical (unpaired) electrons. The van der Waals surface area contributed by atoms with Crippen molar-refractivity contribution >= 4 is 15.7 Å². The molecule has 5 nitrogen and oxygen atoms in total. The fourth-order valence-electron chi connectivity index (χ4n) is 1.92. The van der Waals surface area contributed by atoms with Crippen molar-refractivity contribution in [2.75, 3.05) is 11.5 Å². The normalized spacial score (nSPS) is 19.1. The summed E-state index contributed by atoms with van der Waals surface area (Å²) in [4.78, 5) is 0. The van der Waals surface area contributed by atoms with Crippen LogP contribution in [0, 0.1) is 0 Å². The molecule has 0 bridgehead atoms. The molecule has 0 saturated heterocycles. The molecule has 0 unspecified atom stereocenters. The predicted molar refractivity (Wildman–Crippen MR) is 58.2 cm³/mol. The number of hydrogen-bond acceptors (Lipinski definition) is 4. The van der Waals surface area contributed by atoms with E-state index in [9.17, 15) is 8.42 Å². The van der Waals surface area contributed by atoms with Crippen LogP contribution in [0.5, 0.6) is 0 Å². The first-order valence-electron chi connectivity index (χ1n) is 4.97. The Kier molecular flexibility index (Phi) is 2.26. The summed E-state index contributed by atoms with van der Waals surface area (Å²) in [6.07, 6.45) is 0.528. The molecule has 84 valence electrons. The maximum absolute atomic E-state index is 11.5. The van der Waals surface area contributed by atoms with E-state index in [4.69, 9.17) is 5.73 Å². The average Bonchev–Trinajstić information content (AvgIpc) is 2.42. The minimum Gasteiger partial charge on any atom is -0.382 e. The van der Waals surface area contributed by atoms with Crippen molar-refractivity contribution in [3.8, 4) is 0 Å².